The number of ether oxygens (including phenoxy) is 1. The first-order valence-electron chi connectivity index (χ1n) is 13.2. The van der Waals surface area contributed by atoms with Gasteiger partial charge < -0.3 is 24.4 Å². The van der Waals surface area contributed by atoms with Crippen molar-refractivity contribution in [2.24, 2.45) is 18.9 Å². The summed E-state index contributed by atoms with van der Waals surface area (Å²) in [6.07, 6.45) is 0.375. The zero-order valence-electron chi connectivity index (χ0n) is 22.9. The Hall–Kier alpha value is -3.13. The second-order valence-electron chi connectivity index (χ2n) is 11.6. The van der Waals surface area contributed by atoms with Crippen molar-refractivity contribution in [1.82, 2.24) is 19.7 Å². The van der Waals surface area contributed by atoms with Gasteiger partial charge in [-0.15, -0.1) is 0 Å². The van der Waals surface area contributed by atoms with Gasteiger partial charge >= 0.3 is 6.09 Å². The minimum atomic E-state index is -0.549. The third kappa shape index (κ3) is 6.24. The molecule has 2 saturated heterocycles. The Morgan fingerprint density at radius 2 is 1.68 bits per heavy atom. The lowest BCUT2D eigenvalue weighted by atomic mass is 10.0. The number of fused-ring (bicyclic) bond motifs is 1. The van der Waals surface area contributed by atoms with E-state index in [4.69, 9.17) is 4.74 Å². The van der Waals surface area contributed by atoms with Crippen LogP contribution in [-0.4, -0.2) is 64.7 Å². The highest BCUT2D eigenvalue weighted by Gasteiger charge is 2.42. The maximum absolute atomic E-state index is 13.4. The second-order valence-corrected chi connectivity index (χ2v) is 11.6. The summed E-state index contributed by atoms with van der Waals surface area (Å²) in [6, 6.07) is 11.4. The highest BCUT2D eigenvalue weighted by molar-refractivity contribution is 5.96. The number of pyridine rings is 1. The molecule has 1 aromatic heterocycles. The number of nitrogens with one attached hydrogen (secondary N) is 1. The number of hydrogen-bond donors (Lipinski definition) is 1. The molecule has 1 N–H and O–H groups in total. The summed E-state index contributed by atoms with van der Waals surface area (Å²) in [5.41, 5.74) is 2.54. The van der Waals surface area contributed by atoms with Gasteiger partial charge in [0.05, 0.1) is 11.6 Å². The van der Waals surface area contributed by atoms with Gasteiger partial charge in [-0.05, 0) is 64.0 Å². The standard InChI is InChI=1S/C29H40N4O4/c1-19-14-25(34)31(6)20(2)26(19)27(35)33-17-22-15-32(16-23(22)18-33)13-12-24(21-10-8-7-9-11-21)30-28(36)37-29(3,4)5/h7-11,14,22-24H,12-13,15-18H2,1-6H3,(H,30,36)/t22?,23?,24-/m0/s1. The molecule has 8 heteroatoms. The van der Waals surface area contributed by atoms with Gasteiger partial charge in [0, 0.05) is 51.5 Å². The van der Waals surface area contributed by atoms with Crippen molar-refractivity contribution in [3.63, 3.8) is 0 Å². The number of aromatic nitrogens is 1. The van der Waals surface area contributed by atoms with Gasteiger partial charge in [0.2, 0.25) is 0 Å². The minimum Gasteiger partial charge on any atom is -0.444 e. The first-order chi connectivity index (χ1) is 17.4. The fourth-order valence-electron chi connectivity index (χ4n) is 5.66. The second kappa shape index (κ2) is 10.7. The molecule has 2 aliphatic heterocycles. The Labute approximate surface area is 219 Å². The number of carbonyl (C=O) groups excluding carboxylic acids is 2. The molecule has 2 aliphatic rings. The Morgan fingerprint density at radius 3 is 2.27 bits per heavy atom. The molecule has 2 unspecified atom stereocenters. The molecule has 0 saturated carbocycles. The van der Waals surface area contributed by atoms with Crippen LogP contribution in [0.4, 0.5) is 4.79 Å². The highest BCUT2D eigenvalue weighted by Crippen LogP contribution is 2.33. The van der Waals surface area contributed by atoms with Crippen LogP contribution in [-0.2, 0) is 11.8 Å². The summed E-state index contributed by atoms with van der Waals surface area (Å²) in [5, 5.41) is 3.06. The normalized spacial score (nSPS) is 20.5. The molecule has 0 radical (unpaired) electrons. The van der Waals surface area contributed by atoms with Crippen LogP contribution in [0.25, 0.3) is 0 Å². The van der Waals surface area contributed by atoms with E-state index in [9.17, 15) is 14.4 Å². The van der Waals surface area contributed by atoms with Crippen LogP contribution >= 0.6 is 0 Å². The molecule has 200 valence electrons. The topological polar surface area (TPSA) is 83.9 Å². The van der Waals surface area contributed by atoms with Crippen LogP contribution in [0.2, 0.25) is 0 Å². The van der Waals surface area contributed by atoms with Crippen LogP contribution in [0.1, 0.15) is 60.4 Å². The van der Waals surface area contributed by atoms with Crippen molar-refractivity contribution in [3.05, 3.63) is 69.1 Å². The number of aryl methyl sites for hydroxylation is 1. The molecule has 2 fully saturated rings. The molecule has 8 nitrogen and oxygen atoms in total. The number of nitrogens with zero attached hydrogens (tertiary/aromatic N) is 3. The molecule has 2 amide bonds. The first-order valence-corrected chi connectivity index (χ1v) is 13.2. The fraction of sp³-hybridized carbons (Fsp3) is 0.552. The molecule has 37 heavy (non-hydrogen) atoms. The lowest BCUT2D eigenvalue weighted by Crippen LogP contribution is -2.37. The van der Waals surface area contributed by atoms with E-state index < -0.39 is 11.7 Å². The zero-order valence-corrected chi connectivity index (χ0v) is 22.9. The van der Waals surface area contributed by atoms with E-state index in [1.807, 2.05) is 69.9 Å². The van der Waals surface area contributed by atoms with Gasteiger partial charge in [0.1, 0.15) is 5.60 Å². The summed E-state index contributed by atoms with van der Waals surface area (Å²) >= 11 is 0. The molecule has 3 atom stereocenters. The number of carbonyl (C=O) groups is 2. The summed E-state index contributed by atoms with van der Waals surface area (Å²) in [5.74, 6) is 0.898. The molecule has 0 bridgehead atoms. The van der Waals surface area contributed by atoms with Crippen LogP contribution in [0.3, 0.4) is 0 Å². The quantitative estimate of drug-likeness (QED) is 0.644. The van der Waals surface area contributed by atoms with E-state index in [-0.39, 0.29) is 17.5 Å². The number of rotatable bonds is 6. The van der Waals surface area contributed by atoms with Gasteiger partial charge in [-0.2, -0.15) is 0 Å². The zero-order chi connectivity index (χ0) is 26.9. The molecule has 1 aromatic carbocycles. The van der Waals surface area contributed by atoms with E-state index in [2.05, 4.69) is 10.2 Å². The summed E-state index contributed by atoms with van der Waals surface area (Å²) in [4.78, 5) is 42.4. The third-order valence-electron chi connectivity index (χ3n) is 7.62. The third-order valence-corrected chi connectivity index (χ3v) is 7.62. The van der Waals surface area contributed by atoms with Crippen molar-refractivity contribution in [2.45, 2.75) is 52.7 Å². The Balaban J connectivity index is 1.35. The summed E-state index contributed by atoms with van der Waals surface area (Å²) < 4.78 is 7.05. The predicted octanol–water partition coefficient (Wildman–Crippen LogP) is 3.66. The van der Waals surface area contributed by atoms with E-state index >= 15 is 0 Å². The molecule has 2 aromatic rings. The average Bonchev–Trinajstić information content (AvgIpc) is 3.38. The maximum atomic E-state index is 13.4. The van der Waals surface area contributed by atoms with Crippen molar-refractivity contribution in [3.8, 4) is 0 Å². The smallest absolute Gasteiger partial charge is 0.408 e. The molecular weight excluding hydrogens is 468 g/mol. The van der Waals surface area contributed by atoms with E-state index in [0.29, 0.717) is 17.4 Å². The molecule has 4 rings (SSSR count). The molecule has 3 heterocycles. The van der Waals surface area contributed by atoms with Crippen molar-refractivity contribution in [2.75, 3.05) is 32.7 Å². The maximum Gasteiger partial charge on any atom is 0.408 e. The number of likely N-dealkylation sites (tertiary alicyclic amines) is 2. The minimum absolute atomic E-state index is 0.0252. The van der Waals surface area contributed by atoms with Crippen LogP contribution < -0.4 is 10.9 Å². The number of alkyl carbamates (subject to hydrolysis) is 1. The lowest BCUT2D eigenvalue weighted by Gasteiger charge is -2.26. The van der Waals surface area contributed by atoms with Gasteiger partial charge in [-0.25, -0.2) is 4.79 Å². The lowest BCUT2D eigenvalue weighted by molar-refractivity contribution is 0.0498. The number of benzene rings is 1. The molecular formula is C29H40N4O4. The largest absolute Gasteiger partial charge is 0.444 e. The monoisotopic (exact) mass is 508 g/mol. The highest BCUT2D eigenvalue weighted by atomic mass is 16.6. The SMILES string of the molecule is Cc1cc(=O)n(C)c(C)c1C(=O)N1CC2CN(CC[C@H](NC(=O)OC(C)(C)C)c3ccccc3)CC2C1. The van der Waals surface area contributed by atoms with Gasteiger partial charge in [-0.1, -0.05) is 30.3 Å². The first kappa shape index (κ1) is 26.9. The van der Waals surface area contributed by atoms with Gasteiger partial charge in [-0.3, -0.25) is 9.59 Å². The van der Waals surface area contributed by atoms with Crippen molar-refractivity contribution in [1.29, 1.82) is 0 Å². The Morgan fingerprint density at radius 1 is 1.05 bits per heavy atom. The van der Waals surface area contributed by atoms with E-state index in [0.717, 1.165) is 56.0 Å². The summed E-state index contributed by atoms with van der Waals surface area (Å²) in [6.45, 7) is 13.5. The number of amides is 2. The predicted molar refractivity (Wildman–Crippen MR) is 144 cm³/mol. The van der Waals surface area contributed by atoms with E-state index in [1.165, 1.54) is 0 Å². The van der Waals surface area contributed by atoms with E-state index in [1.54, 1.807) is 17.7 Å². The van der Waals surface area contributed by atoms with Crippen LogP contribution in [0.15, 0.2) is 41.2 Å². The fourth-order valence-corrected chi connectivity index (χ4v) is 5.66. The molecule has 0 spiro atoms. The van der Waals surface area contributed by atoms with Crippen LogP contribution in [0.5, 0.6) is 0 Å². The summed E-state index contributed by atoms with van der Waals surface area (Å²) in [7, 11) is 1.71. The average molecular weight is 509 g/mol. The number of hydrogen-bond acceptors (Lipinski definition) is 5. The van der Waals surface area contributed by atoms with Crippen LogP contribution in [0, 0.1) is 25.7 Å². The Bertz CT molecular complexity index is 1190. The van der Waals surface area contributed by atoms with Crippen molar-refractivity contribution >= 4 is 12.0 Å². The van der Waals surface area contributed by atoms with Gasteiger partial charge in [0.25, 0.3) is 11.5 Å². The van der Waals surface area contributed by atoms with Gasteiger partial charge in [0.15, 0.2) is 0 Å². The Kier molecular flexibility index (Phi) is 7.78. The molecule has 0 aliphatic carbocycles. The van der Waals surface area contributed by atoms with Crippen molar-refractivity contribution < 1.29 is 14.3 Å².